The molecule has 0 unspecified atom stereocenters. The van der Waals surface area contributed by atoms with Crippen molar-refractivity contribution in [2.45, 2.75) is 19.8 Å². The average molecular weight is 335 g/mol. The minimum atomic E-state index is -0.594. The van der Waals surface area contributed by atoms with Gasteiger partial charge in [0.2, 0.25) is 5.88 Å². The van der Waals surface area contributed by atoms with Crippen LogP contribution in [0.1, 0.15) is 25.3 Å². The van der Waals surface area contributed by atoms with E-state index in [1.807, 2.05) is 18.2 Å². The topological polar surface area (TPSA) is 77.1 Å². The first-order valence-electron chi connectivity index (χ1n) is 7.90. The molecule has 2 aromatic rings. The number of nitriles is 1. The van der Waals surface area contributed by atoms with Crippen LogP contribution >= 0.6 is 0 Å². The highest BCUT2D eigenvalue weighted by atomic mass is 16.5. The van der Waals surface area contributed by atoms with Gasteiger partial charge < -0.3 is 9.47 Å². The molecule has 126 valence electrons. The zero-order valence-corrected chi connectivity index (χ0v) is 14.0. The summed E-state index contributed by atoms with van der Waals surface area (Å²) in [4.78, 5) is 16.7. The Labute approximate surface area is 145 Å². The lowest BCUT2D eigenvalue weighted by atomic mass is 9.84. The molecular formula is C19H17N3O3. The normalized spacial score (nSPS) is 17.1. The van der Waals surface area contributed by atoms with Crippen LogP contribution in [0.4, 0.5) is 0 Å². The smallest absolute Gasteiger partial charge is 0.338 e. The largest absolute Gasteiger partial charge is 0.463 e. The number of nitrogens with zero attached hydrogens (tertiary/aromatic N) is 3. The van der Waals surface area contributed by atoms with Crippen molar-refractivity contribution in [1.82, 2.24) is 9.55 Å². The minimum absolute atomic E-state index is 0.241. The van der Waals surface area contributed by atoms with Gasteiger partial charge in [-0.1, -0.05) is 6.07 Å². The molecule has 0 saturated carbocycles. The number of esters is 1. The number of allylic oxidation sites excluding steroid dienone is 2. The first-order valence-corrected chi connectivity index (χ1v) is 7.90. The molecule has 1 atom stereocenters. The maximum atomic E-state index is 12.5. The van der Waals surface area contributed by atoms with E-state index in [1.54, 1.807) is 49.3 Å². The zero-order chi connectivity index (χ0) is 17.8. The van der Waals surface area contributed by atoms with E-state index >= 15 is 0 Å². The fourth-order valence-electron chi connectivity index (χ4n) is 2.85. The summed E-state index contributed by atoms with van der Waals surface area (Å²) in [6.45, 7) is 3.68. The number of pyridine rings is 1. The van der Waals surface area contributed by atoms with Crippen LogP contribution in [0.5, 0.6) is 0 Å². The third kappa shape index (κ3) is 3.04. The summed E-state index contributed by atoms with van der Waals surface area (Å²) in [5.74, 6) is -0.293. The molecule has 0 bridgehead atoms. The van der Waals surface area contributed by atoms with Crippen LogP contribution in [0.3, 0.4) is 0 Å². The maximum absolute atomic E-state index is 12.5. The van der Waals surface area contributed by atoms with Gasteiger partial charge in [0.05, 0.1) is 18.1 Å². The highest BCUT2D eigenvalue weighted by Gasteiger charge is 2.37. The molecule has 1 aliphatic rings. The Kier molecular flexibility index (Phi) is 4.66. The quantitative estimate of drug-likeness (QED) is 0.802. The summed E-state index contributed by atoms with van der Waals surface area (Å²) >= 11 is 0. The lowest BCUT2D eigenvalue weighted by Gasteiger charge is -2.28. The zero-order valence-electron chi connectivity index (χ0n) is 14.0. The molecule has 25 heavy (non-hydrogen) atoms. The van der Waals surface area contributed by atoms with E-state index in [0.29, 0.717) is 22.8 Å². The first-order chi connectivity index (χ1) is 12.2. The van der Waals surface area contributed by atoms with Crippen molar-refractivity contribution < 1.29 is 14.3 Å². The Balaban J connectivity index is 2.20. The Morgan fingerprint density at radius 1 is 1.40 bits per heavy atom. The molecule has 0 aliphatic carbocycles. The van der Waals surface area contributed by atoms with E-state index in [0.717, 1.165) is 5.56 Å². The SMILES string of the molecule is CCOC(=O)C1=C(C)OC(n2cccc2)=C(C#N)[C@H]1c1cccnc1. The highest BCUT2D eigenvalue weighted by Crippen LogP contribution is 2.41. The van der Waals surface area contributed by atoms with Crippen molar-refractivity contribution >= 4 is 11.9 Å². The van der Waals surface area contributed by atoms with Crippen molar-refractivity contribution in [2.75, 3.05) is 6.61 Å². The lowest BCUT2D eigenvalue weighted by molar-refractivity contribution is -0.139. The molecule has 3 heterocycles. The highest BCUT2D eigenvalue weighted by molar-refractivity contribution is 5.93. The van der Waals surface area contributed by atoms with E-state index in [2.05, 4.69) is 11.1 Å². The third-order valence-corrected chi connectivity index (χ3v) is 3.91. The van der Waals surface area contributed by atoms with Crippen molar-refractivity contribution in [3.8, 4) is 6.07 Å². The first kappa shape index (κ1) is 16.5. The molecule has 0 aromatic carbocycles. The Bertz CT molecular complexity index is 874. The molecule has 0 spiro atoms. The van der Waals surface area contributed by atoms with Gasteiger partial charge in [0.1, 0.15) is 17.4 Å². The number of hydrogen-bond acceptors (Lipinski definition) is 5. The van der Waals surface area contributed by atoms with Gasteiger partial charge in [-0.2, -0.15) is 5.26 Å². The third-order valence-electron chi connectivity index (χ3n) is 3.91. The Hall–Kier alpha value is -3.33. The summed E-state index contributed by atoms with van der Waals surface area (Å²) < 4.78 is 12.7. The molecule has 3 rings (SSSR count). The molecule has 1 aliphatic heterocycles. The fourth-order valence-corrected chi connectivity index (χ4v) is 2.85. The van der Waals surface area contributed by atoms with E-state index < -0.39 is 11.9 Å². The molecule has 0 N–H and O–H groups in total. The predicted molar refractivity (Wildman–Crippen MR) is 90.7 cm³/mol. The van der Waals surface area contributed by atoms with Crippen LogP contribution in [-0.2, 0) is 14.3 Å². The molecule has 0 radical (unpaired) electrons. The minimum Gasteiger partial charge on any atom is -0.463 e. The summed E-state index contributed by atoms with van der Waals surface area (Å²) in [5.41, 5.74) is 1.38. The summed E-state index contributed by atoms with van der Waals surface area (Å²) in [6.07, 6.45) is 6.87. The van der Waals surface area contributed by atoms with Crippen molar-refractivity contribution in [3.63, 3.8) is 0 Å². The molecule has 0 saturated heterocycles. The van der Waals surface area contributed by atoms with E-state index in [4.69, 9.17) is 9.47 Å². The summed E-state index contributed by atoms with van der Waals surface area (Å²) in [7, 11) is 0. The lowest BCUT2D eigenvalue weighted by Crippen LogP contribution is -2.24. The second-order valence-electron chi connectivity index (χ2n) is 5.43. The van der Waals surface area contributed by atoms with E-state index in [9.17, 15) is 10.1 Å². The molecule has 0 amide bonds. The number of carbonyl (C=O) groups is 1. The van der Waals surface area contributed by atoms with Crippen LogP contribution in [0.25, 0.3) is 5.88 Å². The maximum Gasteiger partial charge on any atom is 0.338 e. The van der Waals surface area contributed by atoms with Gasteiger partial charge in [-0.25, -0.2) is 4.79 Å². The van der Waals surface area contributed by atoms with Crippen molar-refractivity contribution in [3.05, 3.63) is 71.5 Å². The monoisotopic (exact) mass is 335 g/mol. The number of carbonyl (C=O) groups excluding carboxylic acids is 1. The van der Waals surface area contributed by atoms with Gasteiger partial charge in [0, 0.05) is 24.8 Å². The number of rotatable bonds is 4. The number of aromatic nitrogens is 2. The molecule has 0 fully saturated rings. The average Bonchev–Trinajstić information content (AvgIpc) is 3.16. The van der Waals surface area contributed by atoms with Crippen molar-refractivity contribution in [2.24, 2.45) is 0 Å². The van der Waals surface area contributed by atoms with Crippen LogP contribution in [0.15, 0.2) is 66.0 Å². The molecular weight excluding hydrogens is 318 g/mol. The summed E-state index contributed by atoms with van der Waals surface area (Å²) in [6, 6.07) is 9.48. The fraction of sp³-hybridized carbons (Fsp3) is 0.211. The van der Waals surface area contributed by atoms with Gasteiger partial charge >= 0.3 is 5.97 Å². The van der Waals surface area contributed by atoms with Gasteiger partial charge in [-0.3, -0.25) is 9.55 Å². The van der Waals surface area contributed by atoms with Crippen LogP contribution < -0.4 is 0 Å². The predicted octanol–water partition coefficient (Wildman–Crippen LogP) is 3.23. The molecule has 2 aromatic heterocycles. The number of ether oxygens (including phenoxy) is 2. The van der Waals surface area contributed by atoms with Crippen LogP contribution in [0, 0.1) is 11.3 Å². The van der Waals surface area contributed by atoms with Crippen molar-refractivity contribution in [1.29, 1.82) is 5.26 Å². The van der Waals surface area contributed by atoms with E-state index in [1.165, 1.54) is 0 Å². The second kappa shape index (κ2) is 7.05. The van der Waals surface area contributed by atoms with Gasteiger partial charge in [-0.05, 0) is 37.6 Å². The van der Waals surface area contributed by atoms with Crippen LogP contribution in [-0.4, -0.2) is 22.1 Å². The van der Waals surface area contributed by atoms with Crippen LogP contribution in [0.2, 0.25) is 0 Å². The molecule has 6 nitrogen and oxygen atoms in total. The standard InChI is InChI=1S/C19H17N3O3/c1-3-24-19(23)16-13(2)25-18(22-9-4-5-10-22)15(11-20)17(16)14-7-6-8-21-12-14/h4-10,12,17H,3H2,1-2H3/t17-/m1/s1. The second-order valence-corrected chi connectivity index (χ2v) is 5.43. The van der Waals surface area contributed by atoms with Gasteiger partial charge in [0.25, 0.3) is 0 Å². The van der Waals surface area contributed by atoms with Gasteiger partial charge in [0.15, 0.2) is 0 Å². The number of hydrogen-bond donors (Lipinski definition) is 0. The Morgan fingerprint density at radius 3 is 2.76 bits per heavy atom. The Morgan fingerprint density at radius 2 is 2.16 bits per heavy atom. The summed E-state index contributed by atoms with van der Waals surface area (Å²) in [5, 5.41) is 9.81. The molecule has 6 heteroatoms. The van der Waals surface area contributed by atoms with E-state index in [-0.39, 0.29) is 6.61 Å². The van der Waals surface area contributed by atoms with Gasteiger partial charge in [-0.15, -0.1) is 0 Å².